The number of hydrogen-bond acceptors (Lipinski definition) is 2. The quantitative estimate of drug-likeness (QED) is 0.819. The first kappa shape index (κ1) is 16.1. The monoisotopic (exact) mass is 296 g/mol. The molecule has 3 atom stereocenters. The summed E-state index contributed by atoms with van der Waals surface area (Å²) in [7, 11) is 1.81. The van der Waals surface area contributed by atoms with Crippen molar-refractivity contribution in [3.8, 4) is 0 Å². The summed E-state index contributed by atoms with van der Waals surface area (Å²) < 4.78 is 0. The zero-order chi connectivity index (χ0) is 15.6. The van der Waals surface area contributed by atoms with Crippen molar-refractivity contribution >= 4 is 12.0 Å². The Labute approximate surface area is 127 Å². The Morgan fingerprint density at radius 3 is 2.43 bits per heavy atom. The van der Waals surface area contributed by atoms with Crippen LogP contribution in [0.2, 0.25) is 0 Å². The maximum Gasteiger partial charge on any atom is 0.323 e. The number of hydrogen-bond donors (Lipinski definition) is 1. The molecule has 21 heavy (non-hydrogen) atoms. The molecule has 120 valence electrons. The minimum absolute atomic E-state index is 0.145. The average Bonchev–Trinajstić information content (AvgIpc) is 2.98. The Morgan fingerprint density at radius 2 is 1.95 bits per heavy atom. The van der Waals surface area contributed by atoms with Crippen LogP contribution in [0.3, 0.4) is 0 Å². The molecule has 0 saturated heterocycles. The fraction of sp³-hybridized carbons (Fsp3) is 0.875. The third-order valence-electron chi connectivity index (χ3n) is 4.90. The van der Waals surface area contributed by atoms with Crippen molar-refractivity contribution in [1.82, 2.24) is 9.80 Å². The Balaban J connectivity index is 1.90. The van der Waals surface area contributed by atoms with Crippen molar-refractivity contribution in [1.29, 1.82) is 0 Å². The number of rotatable bonds is 6. The largest absolute Gasteiger partial charge is 0.480 e. The zero-order valence-corrected chi connectivity index (χ0v) is 13.4. The summed E-state index contributed by atoms with van der Waals surface area (Å²) in [6.07, 6.45) is 5.24. The first-order chi connectivity index (χ1) is 9.86. The second-order valence-electron chi connectivity index (χ2n) is 7.27. The minimum Gasteiger partial charge on any atom is -0.480 e. The Bertz CT molecular complexity index is 397. The van der Waals surface area contributed by atoms with Crippen LogP contribution < -0.4 is 0 Å². The molecule has 5 heteroatoms. The Kier molecular flexibility index (Phi) is 5.12. The van der Waals surface area contributed by atoms with Crippen molar-refractivity contribution in [3.63, 3.8) is 0 Å². The first-order valence-corrected chi connectivity index (χ1v) is 8.08. The highest BCUT2D eigenvalue weighted by Gasteiger charge is 2.40. The predicted molar refractivity (Wildman–Crippen MR) is 81.0 cm³/mol. The van der Waals surface area contributed by atoms with Crippen LogP contribution in [0.1, 0.15) is 39.5 Å². The number of carboxylic acid groups (broad SMARTS) is 1. The first-order valence-electron chi connectivity index (χ1n) is 8.08. The van der Waals surface area contributed by atoms with Crippen LogP contribution in [0.5, 0.6) is 0 Å². The van der Waals surface area contributed by atoms with Gasteiger partial charge in [0.05, 0.1) is 0 Å². The molecule has 2 amide bonds. The zero-order valence-electron chi connectivity index (χ0n) is 13.4. The summed E-state index contributed by atoms with van der Waals surface area (Å²) >= 11 is 0. The van der Waals surface area contributed by atoms with Crippen LogP contribution in [0, 0.1) is 23.7 Å². The molecule has 0 radical (unpaired) electrons. The van der Waals surface area contributed by atoms with Gasteiger partial charge in [0.15, 0.2) is 0 Å². The van der Waals surface area contributed by atoms with Gasteiger partial charge in [-0.1, -0.05) is 20.3 Å². The van der Waals surface area contributed by atoms with E-state index in [4.69, 9.17) is 5.11 Å². The van der Waals surface area contributed by atoms with Gasteiger partial charge in [0.2, 0.25) is 0 Å². The van der Waals surface area contributed by atoms with Crippen molar-refractivity contribution in [2.75, 3.05) is 26.7 Å². The second kappa shape index (κ2) is 6.67. The van der Waals surface area contributed by atoms with E-state index in [9.17, 15) is 9.59 Å². The Morgan fingerprint density at radius 1 is 1.24 bits per heavy atom. The maximum absolute atomic E-state index is 12.5. The predicted octanol–water partition coefficient (Wildman–Crippen LogP) is 2.52. The SMILES string of the molecule is CC(C)CN(CC(=O)O)C(=O)N(C)CC1CC2CCC1C2. The second-order valence-corrected chi connectivity index (χ2v) is 7.27. The highest BCUT2D eigenvalue weighted by Crippen LogP contribution is 2.48. The van der Waals surface area contributed by atoms with Crippen LogP contribution in [0.15, 0.2) is 0 Å². The molecule has 0 spiro atoms. The van der Waals surface area contributed by atoms with Gasteiger partial charge in [-0.3, -0.25) is 4.79 Å². The van der Waals surface area contributed by atoms with E-state index in [0.717, 1.165) is 18.4 Å². The van der Waals surface area contributed by atoms with Crippen molar-refractivity contribution in [2.45, 2.75) is 39.5 Å². The van der Waals surface area contributed by atoms with E-state index >= 15 is 0 Å². The number of aliphatic carboxylic acids is 1. The van der Waals surface area contributed by atoms with Crippen LogP contribution in [0.4, 0.5) is 4.79 Å². The van der Waals surface area contributed by atoms with Gasteiger partial charge in [0.1, 0.15) is 6.54 Å². The van der Waals surface area contributed by atoms with Crippen molar-refractivity contribution in [2.24, 2.45) is 23.7 Å². The topological polar surface area (TPSA) is 60.9 Å². The van der Waals surface area contributed by atoms with E-state index in [1.54, 1.807) is 4.90 Å². The smallest absolute Gasteiger partial charge is 0.323 e. The number of amides is 2. The molecule has 0 aromatic heterocycles. The van der Waals surface area contributed by atoms with E-state index in [1.165, 1.54) is 30.6 Å². The maximum atomic E-state index is 12.5. The highest BCUT2D eigenvalue weighted by atomic mass is 16.4. The molecule has 2 bridgehead atoms. The van der Waals surface area contributed by atoms with Crippen LogP contribution >= 0.6 is 0 Å². The fourth-order valence-corrected chi connectivity index (χ4v) is 4.09. The molecular weight excluding hydrogens is 268 g/mol. The van der Waals surface area contributed by atoms with Gasteiger partial charge in [0, 0.05) is 20.1 Å². The number of carbonyl (C=O) groups excluding carboxylic acids is 1. The minimum atomic E-state index is -0.947. The number of fused-ring (bicyclic) bond motifs is 2. The third kappa shape index (κ3) is 4.11. The molecule has 3 unspecified atom stereocenters. The summed E-state index contributed by atoms with van der Waals surface area (Å²) in [5.74, 6) is 1.59. The third-order valence-corrected chi connectivity index (χ3v) is 4.90. The molecule has 5 nitrogen and oxygen atoms in total. The van der Waals surface area contributed by atoms with Crippen LogP contribution in [-0.2, 0) is 4.79 Å². The van der Waals surface area contributed by atoms with Gasteiger partial charge in [-0.05, 0) is 42.9 Å². The molecular formula is C16H28N2O3. The normalized spacial score (nSPS) is 27.1. The summed E-state index contributed by atoms with van der Waals surface area (Å²) in [6, 6.07) is -0.145. The van der Waals surface area contributed by atoms with Crippen molar-refractivity contribution < 1.29 is 14.7 Å². The van der Waals surface area contributed by atoms with Gasteiger partial charge < -0.3 is 14.9 Å². The highest BCUT2D eigenvalue weighted by molar-refractivity contribution is 5.80. The molecule has 0 aliphatic heterocycles. The number of urea groups is 1. The van der Waals surface area contributed by atoms with E-state index in [1.807, 2.05) is 20.9 Å². The molecule has 2 fully saturated rings. The van der Waals surface area contributed by atoms with Crippen LogP contribution in [-0.4, -0.2) is 53.6 Å². The lowest BCUT2D eigenvalue weighted by Crippen LogP contribution is -2.47. The van der Waals surface area contributed by atoms with Crippen molar-refractivity contribution in [3.05, 3.63) is 0 Å². The number of carbonyl (C=O) groups is 2. The lowest BCUT2D eigenvalue weighted by atomic mass is 9.88. The van der Waals surface area contributed by atoms with E-state index < -0.39 is 5.97 Å². The summed E-state index contributed by atoms with van der Waals surface area (Å²) in [4.78, 5) is 26.6. The molecule has 2 rings (SSSR count). The molecule has 0 heterocycles. The van der Waals surface area contributed by atoms with Gasteiger partial charge in [-0.25, -0.2) is 4.79 Å². The van der Waals surface area contributed by atoms with Gasteiger partial charge in [-0.15, -0.1) is 0 Å². The Hall–Kier alpha value is -1.26. The molecule has 0 aromatic rings. The molecule has 2 aliphatic carbocycles. The fourth-order valence-electron chi connectivity index (χ4n) is 4.09. The standard InChI is InChI=1S/C16H28N2O3/c1-11(2)8-18(10-15(19)20)16(21)17(3)9-14-7-12-4-5-13(14)6-12/h11-14H,4-10H2,1-3H3,(H,19,20). The van der Waals surface area contributed by atoms with E-state index in [2.05, 4.69) is 0 Å². The average molecular weight is 296 g/mol. The number of nitrogens with zero attached hydrogens (tertiary/aromatic N) is 2. The lowest BCUT2D eigenvalue weighted by molar-refractivity contribution is -0.137. The van der Waals surface area contributed by atoms with E-state index in [-0.39, 0.29) is 18.5 Å². The molecule has 1 N–H and O–H groups in total. The number of carboxylic acids is 1. The molecule has 2 saturated carbocycles. The molecule has 0 aromatic carbocycles. The lowest BCUT2D eigenvalue weighted by Gasteiger charge is -2.32. The van der Waals surface area contributed by atoms with E-state index in [0.29, 0.717) is 12.5 Å². The van der Waals surface area contributed by atoms with Gasteiger partial charge in [0.25, 0.3) is 0 Å². The van der Waals surface area contributed by atoms with Crippen LogP contribution in [0.25, 0.3) is 0 Å². The molecule has 2 aliphatic rings. The summed E-state index contributed by atoms with van der Waals surface area (Å²) in [5, 5.41) is 8.99. The summed E-state index contributed by atoms with van der Waals surface area (Å²) in [6.45, 7) is 5.05. The van der Waals surface area contributed by atoms with Gasteiger partial charge in [-0.2, -0.15) is 0 Å². The van der Waals surface area contributed by atoms with Gasteiger partial charge >= 0.3 is 12.0 Å². The summed E-state index contributed by atoms with van der Waals surface area (Å²) in [5.41, 5.74) is 0.